The Morgan fingerprint density at radius 2 is 2.10 bits per heavy atom. The van der Waals surface area contributed by atoms with Gasteiger partial charge in [0.05, 0.1) is 12.6 Å². The molecule has 0 spiro atoms. The van der Waals surface area contributed by atoms with Crippen molar-refractivity contribution in [2.45, 2.75) is 38.5 Å². The number of nitrogens with one attached hydrogen (secondary N) is 1. The van der Waals surface area contributed by atoms with Crippen molar-refractivity contribution in [3.8, 4) is 5.75 Å². The topological polar surface area (TPSA) is 39.7 Å². The van der Waals surface area contributed by atoms with E-state index >= 15 is 0 Å². The van der Waals surface area contributed by atoms with Crippen molar-refractivity contribution in [2.75, 3.05) is 27.4 Å². The zero-order valence-electron chi connectivity index (χ0n) is 12.6. The fourth-order valence-electron chi connectivity index (χ4n) is 2.74. The molecule has 0 saturated heterocycles. The van der Waals surface area contributed by atoms with Crippen LogP contribution >= 0.6 is 0 Å². The van der Waals surface area contributed by atoms with Crippen molar-refractivity contribution in [2.24, 2.45) is 0 Å². The van der Waals surface area contributed by atoms with E-state index in [9.17, 15) is 0 Å². The van der Waals surface area contributed by atoms with Crippen LogP contribution in [0.2, 0.25) is 0 Å². The van der Waals surface area contributed by atoms with Gasteiger partial charge in [0.15, 0.2) is 6.29 Å². The number of fused-ring (bicyclic) bond motifs is 1. The lowest BCUT2D eigenvalue weighted by molar-refractivity contribution is -0.123. The number of rotatable bonds is 8. The molecule has 0 amide bonds. The van der Waals surface area contributed by atoms with Crippen molar-refractivity contribution < 1.29 is 14.2 Å². The molecular weight excluding hydrogens is 254 g/mol. The average Bonchev–Trinajstić information content (AvgIpc) is 2.93. The fraction of sp³-hybridized carbons (Fsp3) is 0.625. The van der Waals surface area contributed by atoms with Crippen LogP contribution in [0.25, 0.3) is 0 Å². The molecule has 112 valence electrons. The molecule has 20 heavy (non-hydrogen) atoms. The van der Waals surface area contributed by atoms with Gasteiger partial charge in [-0.3, -0.25) is 0 Å². The van der Waals surface area contributed by atoms with E-state index < -0.39 is 0 Å². The molecule has 0 aliphatic carbocycles. The Kier molecular flexibility index (Phi) is 5.83. The van der Waals surface area contributed by atoms with E-state index in [1.165, 1.54) is 11.1 Å². The molecule has 0 radical (unpaired) electrons. The Bertz CT molecular complexity index is 418. The smallest absolute Gasteiger partial charge is 0.171 e. The average molecular weight is 279 g/mol. The van der Waals surface area contributed by atoms with E-state index in [1.54, 1.807) is 14.2 Å². The monoisotopic (exact) mass is 279 g/mol. The molecule has 0 fully saturated rings. The maximum absolute atomic E-state index is 5.54. The third-order valence-corrected chi connectivity index (χ3v) is 3.76. The third-order valence-electron chi connectivity index (χ3n) is 3.76. The van der Waals surface area contributed by atoms with E-state index in [0.717, 1.165) is 38.2 Å². The van der Waals surface area contributed by atoms with Crippen LogP contribution in [-0.4, -0.2) is 39.7 Å². The molecule has 4 nitrogen and oxygen atoms in total. The van der Waals surface area contributed by atoms with Crippen molar-refractivity contribution in [1.82, 2.24) is 5.32 Å². The summed E-state index contributed by atoms with van der Waals surface area (Å²) in [5, 5.41) is 3.43. The molecule has 2 rings (SSSR count). The maximum Gasteiger partial charge on any atom is 0.171 e. The van der Waals surface area contributed by atoms with Crippen molar-refractivity contribution in [1.29, 1.82) is 0 Å². The highest BCUT2D eigenvalue weighted by Crippen LogP contribution is 2.26. The molecule has 1 aliphatic heterocycles. The van der Waals surface area contributed by atoms with Crippen LogP contribution in [0.4, 0.5) is 0 Å². The van der Waals surface area contributed by atoms with E-state index in [1.807, 2.05) is 0 Å². The lowest BCUT2D eigenvalue weighted by Gasteiger charge is -2.25. The largest absolute Gasteiger partial charge is 0.493 e. The van der Waals surface area contributed by atoms with Crippen LogP contribution in [0.3, 0.4) is 0 Å². The summed E-state index contributed by atoms with van der Waals surface area (Å²) in [6.45, 7) is 3.82. The molecule has 1 aliphatic rings. The summed E-state index contributed by atoms with van der Waals surface area (Å²) in [7, 11) is 3.37. The first-order valence-corrected chi connectivity index (χ1v) is 7.32. The van der Waals surface area contributed by atoms with Gasteiger partial charge in [-0.05, 0) is 36.6 Å². The molecule has 0 bridgehead atoms. The number of aryl methyl sites for hydroxylation is 1. The minimum atomic E-state index is -0.201. The lowest BCUT2D eigenvalue weighted by Crippen LogP contribution is -2.42. The van der Waals surface area contributed by atoms with Gasteiger partial charge in [-0.15, -0.1) is 0 Å². The van der Waals surface area contributed by atoms with Gasteiger partial charge in [0.2, 0.25) is 0 Å². The second kappa shape index (κ2) is 7.62. The van der Waals surface area contributed by atoms with Gasteiger partial charge in [0.1, 0.15) is 5.75 Å². The maximum atomic E-state index is 5.54. The van der Waals surface area contributed by atoms with Crippen LogP contribution in [0.1, 0.15) is 24.5 Å². The fourth-order valence-corrected chi connectivity index (χ4v) is 2.74. The number of methoxy groups -OCH3 is 2. The summed E-state index contributed by atoms with van der Waals surface area (Å²) < 4.78 is 16.3. The van der Waals surface area contributed by atoms with Gasteiger partial charge in [0, 0.05) is 20.6 Å². The van der Waals surface area contributed by atoms with Gasteiger partial charge in [-0.2, -0.15) is 0 Å². The predicted octanol–water partition coefficient (Wildman–Crippen LogP) is 2.15. The molecule has 0 aromatic heterocycles. The minimum absolute atomic E-state index is 0.201. The summed E-state index contributed by atoms with van der Waals surface area (Å²) in [6, 6.07) is 6.71. The molecule has 1 N–H and O–H groups in total. The van der Waals surface area contributed by atoms with Crippen LogP contribution < -0.4 is 10.1 Å². The molecule has 1 aromatic carbocycles. The molecule has 4 heteroatoms. The van der Waals surface area contributed by atoms with Crippen molar-refractivity contribution in [3.05, 3.63) is 29.3 Å². The Morgan fingerprint density at radius 3 is 2.80 bits per heavy atom. The predicted molar refractivity (Wildman–Crippen MR) is 79.2 cm³/mol. The van der Waals surface area contributed by atoms with Crippen LogP contribution in [0.15, 0.2) is 18.2 Å². The first-order valence-electron chi connectivity index (χ1n) is 7.32. The Morgan fingerprint density at radius 1 is 1.30 bits per heavy atom. The lowest BCUT2D eigenvalue weighted by atomic mass is 10.0. The quantitative estimate of drug-likeness (QED) is 0.740. The summed E-state index contributed by atoms with van der Waals surface area (Å²) in [6.07, 6.45) is 2.82. The highest BCUT2D eigenvalue weighted by molar-refractivity contribution is 5.39. The third kappa shape index (κ3) is 3.72. The van der Waals surface area contributed by atoms with Gasteiger partial charge in [-0.1, -0.05) is 19.1 Å². The van der Waals surface area contributed by atoms with Gasteiger partial charge < -0.3 is 19.5 Å². The Balaban J connectivity index is 1.94. The summed E-state index contributed by atoms with van der Waals surface area (Å²) >= 11 is 0. The van der Waals surface area contributed by atoms with E-state index in [4.69, 9.17) is 14.2 Å². The number of likely N-dealkylation sites (N-methyl/N-ethyl adjacent to an activating group) is 1. The van der Waals surface area contributed by atoms with Gasteiger partial charge in [-0.25, -0.2) is 0 Å². The number of benzene rings is 1. The van der Waals surface area contributed by atoms with Crippen LogP contribution in [0.5, 0.6) is 5.75 Å². The summed E-state index contributed by atoms with van der Waals surface area (Å²) in [5.74, 6) is 1.05. The second-order valence-corrected chi connectivity index (χ2v) is 5.08. The highest BCUT2D eigenvalue weighted by atomic mass is 16.7. The zero-order valence-corrected chi connectivity index (χ0v) is 12.6. The van der Waals surface area contributed by atoms with Gasteiger partial charge >= 0.3 is 0 Å². The normalized spacial score (nSPS) is 15.2. The molecule has 0 saturated carbocycles. The summed E-state index contributed by atoms with van der Waals surface area (Å²) in [4.78, 5) is 0. The highest BCUT2D eigenvalue weighted by Gasteiger charge is 2.20. The molecular formula is C16H25NO3. The van der Waals surface area contributed by atoms with E-state index in [0.29, 0.717) is 0 Å². The Hall–Kier alpha value is -1.10. The van der Waals surface area contributed by atoms with Gasteiger partial charge in [0.25, 0.3) is 0 Å². The zero-order chi connectivity index (χ0) is 14.4. The number of hydrogen-bond donors (Lipinski definition) is 1. The van der Waals surface area contributed by atoms with Crippen LogP contribution in [0, 0.1) is 0 Å². The Labute approximate surface area is 121 Å². The number of hydrogen-bond acceptors (Lipinski definition) is 4. The second-order valence-electron chi connectivity index (χ2n) is 5.08. The van der Waals surface area contributed by atoms with Crippen molar-refractivity contribution >= 4 is 0 Å². The minimum Gasteiger partial charge on any atom is -0.493 e. The van der Waals surface area contributed by atoms with E-state index in [2.05, 4.69) is 30.4 Å². The van der Waals surface area contributed by atoms with Crippen molar-refractivity contribution in [3.63, 3.8) is 0 Å². The molecule has 1 atom stereocenters. The summed E-state index contributed by atoms with van der Waals surface area (Å²) in [5.41, 5.74) is 2.68. The first kappa shape index (κ1) is 15.3. The standard InChI is InChI=1S/C16H25NO3/c1-4-17-14(16(18-2)19-3)7-5-12-6-8-15-13(11-12)9-10-20-15/h6,8,11,14,16-17H,4-5,7,9-10H2,1-3H3. The van der Waals surface area contributed by atoms with Crippen LogP contribution in [-0.2, 0) is 22.3 Å². The molecule has 1 unspecified atom stereocenters. The SMILES string of the molecule is CCNC(CCc1ccc2c(c1)CCO2)C(OC)OC. The molecule has 1 heterocycles. The van der Waals surface area contributed by atoms with E-state index in [-0.39, 0.29) is 12.3 Å². The molecule has 1 aromatic rings. The number of ether oxygens (including phenoxy) is 3. The first-order chi connectivity index (χ1) is 9.78.